The molecule has 0 fully saturated rings. The lowest BCUT2D eigenvalue weighted by Crippen LogP contribution is -2.35. The third kappa shape index (κ3) is 7.34. The predicted molar refractivity (Wildman–Crippen MR) is 163 cm³/mol. The van der Waals surface area contributed by atoms with Crippen LogP contribution in [0.3, 0.4) is 0 Å². The van der Waals surface area contributed by atoms with Gasteiger partial charge in [0, 0.05) is 22.9 Å². The van der Waals surface area contributed by atoms with Crippen molar-refractivity contribution in [3.8, 4) is 5.69 Å². The number of carbonyl (C=O) groups excluding carboxylic acids is 1. The minimum Gasteiger partial charge on any atom is -0.327 e. The van der Waals surface area contributed by atoms with Crippen molar-refractivity contribution in [3.05, 3.63) is 136 Å². The van der Waals surface area contributed by atoms with Crippen LogP contribution in [-0.4, -0.2) is 20.8 Å². The highest BCUT2D eigenvalue weighted by Crippen LogP contribution is 2.31. The minimum absolute atomic E-state index is 0.280. The fraction of sp³-hybridized carbons (Fsp3) is 0.156. The summed E-state index contributed by atoms with van der Waals surface area (Å²) >= 11 is 7.93. The Kier molecular flexibility index (Phi) is 9.01. The number of rotatable bonds is 9. The summed E-state index contributed by atoms with van der Waals surface area (Å²) in [6.45, 7) is 3.97. The average molecular weight is 586 g/mol. The highest BCUT2D eigenvalue weighted by atomic mass is 35.5. The molecule has 0 aliphatic heterocycles. The number of nitrogens with one attached hydrogen (secondary N) is 2. The Bertz CT molecular complexity index is 1640. The summed E-state index contributed by atoms with van der Waals surface area (Å²) in [7, 11) is 0. The molecule has 9 heteroatoms. The third-order valence-electron chi connectivity index (χ3n) is 6.53. The topological polar surface area (TPSA) is 71.8 Å². The minimum atomic E-state index is -0.520. The maximum Gasteiger partial charge on any atom is 0.319 e. The van der Waals surface area contributed by atoms with E-state index in [4.69, 9.17) is 11.6 Å². The summed E-state index contributed by atoms with van der Waals surface area (Å²) in [5, 5.41) is 16.4. The Balaban J connectivity index is 1.53. The van der Waals surface area contributed by atoms with Gasteiger partial charge >= 0.3 is 6.03 Å². The molecule has 0 aliphatic carbocycles. The molecule has 5 aromatic rings. The van der Waals surface area contributed by atoms with Crippen LogP contribution < -0.4 is 10.6 Å². The van der Waals surface area contributed by atoms with E-state index < -0.39 is 6.04 Å². The number of amides is 2. The summed E-state index contributed by atoms with van der Waals surface area (Å²) in [5.74, 6) is 0.848. The fourth-order valence-electron chi connectivity index (χ4n) is 4.48. The molecule has 1 heterocycles. The first kappa shape index (κ1) is 28.4. The maximum absolute atomic E-state index is 13.5. The number of carbonyl (C=O) groups is 1. The summed E-state index contributed by atoms with van der Waals surface area (Å²) in [5.41, 5.74) is 5.52. The molecule has 1 unspecified atom stereocenters. The summed E-state index contributed by atoms with van der Waals surface area (Å²) < 4.78 is 15.4. The van der Waals surface area contributed by atoms with Gasteiger partial charge in [0.15, 0.2) is 11.0 Å². The van der Waals surface area contributed by atoms with Gasteiger partial charge in [-0.25, -0.2) is 9.18 Å². The van der Waals surface area contributed by atoms with E-state index in [9.17, 15) is 9.18 Å². The summed E-state index contributed by atoms with van der Waals surface area (Å²) in [4.78, 5) is 13.3. The van der Waals surface area contributed by atoms with Crippen molar-refractivity contribution in [2.24, 2.45) is 0 Å². The van der Waals surface area contributed by atoms with Crippen LogP contribution in [0.15, 0.2) is 102 Å². The number of hydrogen-bond donors (Lipinski definition) is 2. The molecule has 5 rings (SSSR count). The number of urea groups is 1. The Morgan fingerprint density at radius 2 is 1.71 bits per heavy atom. The van der Waals surface area contributed by atoms with Crippen molar-refractivity contribution in [3.63, 3.8) is 0 Å². The Morgan fingerprint density at radius 3 is 2.46 bits per heavy atom. The Hall–Kier alpha value is -4.14. The zero-order chi connectivity index (χ0) is 28.8. The van der Waals surface area contributed by atoms with E-state index in [-0.39, 0.29) is 11.8 Å². The molecule has 4 aromatic carbocycles. The number of thioether (sulfide) groups is 1. The SMILES string of the molecule is Cc1cccc(NC(=O)NC(Cc2ccccc2)c2nnc(SCc3ccc(F)cc3)n2-c2cc(Cl)ccc2C)c1. The van der Waals surface area contributed by atoms with Crippen molar-refractivity contribution >= 4 is 35.1 Å². The summed E-state index contributed by atoms with van der Waals surface area (Å²) in [6.07, 6.45) is 0.489. The first-order valence-electron chi connectivity index (χ1n) is 13.1. The highest BCUT2D eigenvalue weighted by Gasteiger charge is 2.26. The average Bonchev–Trinajstić information content (AvgIpc) is 3.38. The van der Waals surface area contributed by atoms with Crippen LogP contribution in [0.1, 0.15) is 34.1 Å². The molecule has 208 valence electrons. The second-order valence-electron chi connectivity index (χ2n) is 9.73. The molecule has 0 saturated heterocycles. The van der Waals surface area contributed by atoms with Gasteiger partial charge in [-0.15, -0.1) is 10.2 Å². The first-order valence-corrected chi connectivity index (χ1v) is 14.5. The van der Waals surface area contributed by atoms with Gasteiger partial charge in [0.1, 0.15) is 5.82 Å². The van der Waals surface area contributed by atoms with E-state index in [0.717, 1.165) is 27.9 Å². The number of anilines is 1. The molecular formula is C32H29ClFN5OS. The quantitative estimate of drug-likeness (QED) is 0.172. The van der Waals surface area contributed by atoms with Crippen molar-refractivity contribution in [2.45, 2.75) is 37.2 Å². The number of benzene rings is 4. The molecule has 0 spiro atoms. The largest absolute Gasteiger partial charge is 0.327 e. The molecule has 1 aromatic heterocycles. The van der Waals surface area contributed by atoms with Gasteiger partial charge in [-0.2, -0.15) is 0 Å². The van der Waals surface area contributed by atoms with Crippen LogP contribution in [0.4, 0.5) is 14.9 Å². The zero-order valence-electron chi connectivity index (χ0n) is 22.6. The van der Waals surface area contributed by atoms with Crippen LogP contribution in [0, 0.1) is 19.7 Å². The standard InChI is InChI=1S/C32H29ClFN5OS/c1-21-7-6-10-27(17-21)35-31(40)36-28(18-23-8-4-3-5-9-23)30-37-38-32(41-20-24-12-15-26(34)16-13-24)39(30)29-19-25(33)14-11-22(29)2/h3-17,19,28H,18,20H2,1-2H3,(H2,35,36,40). The van der Waals surface area contributed by atoms with Crippen LogP contribution >= 0.6 is 23.4 Å². The van der Waals surface area contributed by atoms with E-state index in [2.05, 4.69) is 20.8 Å². The molecule has 2 N–H and O–H groups in total. The van der Waals surface area contributed by atoms with Crippen molar-refractivity contribution in [1.82, 2.24) is 20.1 Å². The molecule has 0 aliphatic rings. The second kappa shape index (κ2) is 13.0. The highest BCUT2D eigenvalue weighted by molar-refractivity contribution is 7.98. The second-order valence-corrected chi connectivity index (χ2v) is 11.1. The van der Waals surface area contributed by atoms with Crippen molar-refractivity contribution in [1.29, 1.82) is 0 Å². The monoisotopic (exact) mass is 585 g/mol. The lowest BCUT2D eigenvalue weighted by Gasteiger charge is -2.21. The van der Waals surface area contributed by atoms with Crippen LogP contribution in [-0.2, 0) is 12.2 Å². The summed E-state index contributed by atoms with van der Waals surface area (Å²) in [6, 6.07) is 28.7. The smallest absolute Gasteiger partial charge is 0.319 e. The number of nitrogens with zero attached hydrogens (tertiary/aromatic N) is 3. The molecule has 0 saturated carbocycles. The van der Waals surface area contributed by atoms with Gasteiger partial charge in [-0.3, -0.25) is 4.57 Å². The normalized spacial score (nSPS) is 11.7. The van der Waals surface area contributed by atoms with Gasteiger partial charge in [0.25, 0.3) is 0 Å². The van der Waals surface area contributed by atoms with Gasteiger partial charge in [0.05, 0.1) is 11.7 Å². The van der Waals surface area contributed by atoms with Gasteiger partial charge in [0.2, 0.25) is 0 Å². The molecule has 6 nitrogen and oxygen atoms in total. The van der Waals surface area contributed by atoms with E-state index in [0.29, 0.717) is 33.9 Å². The fourth-order valence-corrected chi connectivity index (χ4v) is 5.56. The molecular weight excluding hydrogens is 557 g/mol. The molecule has 2 amide bonds. The lowest BCUT2D eigenvalue weighted by molar-refractivity contribution is 0.247. The van der Waals surface area contributed by atoms with Gasteiger partial charge < -0.3 is 10.6 Å². The van der Waals surface area contributed by atoms with Crippen molar-refractivity contribution in [2.75, 3.05) is 5.32 Å². The van der Waals surface area contributed by atoms with E-state index >= 15 is 0 Å². The van der Waals surface area contributed by atoms with E-state index in [1.54, 1.807) is 12.1 Å². The molecule has 0 radical (unpaired) electrons. The number of aryl methyl sites for hydroxylation is 2. The number of hydrogen-bond acceptors (Lipinski definition) is 4. The Labute approximate surface area is 248 Å². The van der Waals surface area contributed by atoms with Crippen LogP contribution in [0.5, 0.6) is 0 Å². The van der Waals surface area contributed by atoms with Crippen LogP contribution in [0.25, 0.3) is 5.69 Å². The maximum atomic E-state index is 13.5. The number of halogens is 2. The molecule has 1 atom stereocenters. The van der Waals surface area contributed by atoms with Gasteiger partial charge in [-0.05, 0) is 72.5 Å². The van der Waals surface area contributed by atoms with Gasteiger partial charge in [-0.1, -0.05) is 84.0 Å². The zero-order valence-corrected chi connectivity index (χ0v) is 24.2. The van der Waals surface area contributed by atoms with E-state index in [1.807, 2.05) is 91.2 Å². The molecule has 41 heavy (non-hydrogen) atoms. The lowest BCUT2D eigenvalue weighted by atomic mass is 10.0. The molecule has 0 bridgehead atoms. The first-order chi connectivity index (χ1) is 19.9. The van der Waals surface area contributed by atoms with Crippen molar-refractivity contribution < 1.29 is 9.18 Å². The third-order valence-corrected chi connectivity index (χ3v) is 7.76. The van der Waals surface area contributed by atoms with E-state index in [1.165, 1.54) is 23.9 Å². The number of aromatic nitrogens is 3. The predicted octanol–water partition coefficient (Wildman–Crippen LogP) is 8.07. The van der Waals surface area contributed by atoms with Crippen LogP contribution in [0.2, 0.25) is 5.02 Å². The Morgan fingerprint density at radius 1 is 0.927 bits per heavy atom.